The van der Waals surface area contributed by atoms with Gasteiger partial charge in [-0.3, -0.25) is 4.79 Å². The lowest BCUT2D eigenvalue weighted by atomic mass is 10.1. The fourth-order valence-electron chi connectivity index (χ4n) is 2.10. The zero-order valence-corrected chi connectivity index (χ0v) is 14.8. The van der Waals surface area contributed by atoms with E-state index in [1.807, 2.05) is 36.4 Å². The molecule has 0 aliphatic heterocycles. The highest BCUT2D eigenvalue weighted by atomic mass is 35.5. The number of amides is 1. The maximum Gasteiger partial charge on any atom is 0.226 e. The molecule has 0 aliphatic rings. The van der Waals surface area contributed by atoms with Crippen LogP contribution in [0.5, 0.6) is 0 Å². The van der Waals surface area contributed by atoms with Crippen molar-refractivity contribution in [3.63, 3.8) is 0 Å². The highest BCUT2D eigenvalue weighted by Crippen LogP contribution is 2.31. The van der Waals surface area contributed by atoms with Crippen molar-refractivity contribution in [3.05, 3.63) is 64.1 Å². The summed E-state index contributed by atoms with van der Waals surface area (Å²) in [5, 5.41) is 12.9. The summed E-state index contributed by atoms with van der Waals surface area (Å²) in [6.45, 7) is 0. The van der Waals surface area contributed by atoms with Crippen molar-refractivity contribution >= 4 is 45.6 Å². The highest BCUT2D eigenvalue weighted by Gasteiger charge is 2.11. The number of halogens is 2. The number of nitrogens with one attached hydrogen (secondary N) is 1. The normalized spacial score (nSPS) is 10.6. The number of anilines is 1. The third-order valence-corrected chi connectivity index (χ3v) is 4.95. The van der Waals surface area contributed by atoms with Crippen molar-refractivity contribution in [2.75, 3.05) is 5.32 Å². The Kier molecular flexibility index (Phi) is 5.45. The van der Waals surface area contributed by atoms with E-state index in [0.29, 0.717) is 33.0 Å². The molecule has 7 heteroatoms. The molecule has 0 bridgehead atoms. The van der Waals surface area contributed by atoms with Gasteiger partial charge in [0.05, 0.1) is 10.0 Å². The minimum Gasteiger partial charge on any atom is -0.301 e. The molecule has 0 radical (unpaired) electrons. The third-order valence-electron chi connectivity index (χ3n) is 3.32. The van der Waals surface area contributed by atoms with Crippen LogP contribution in [0, 0.1) is 0 Å². The summed E-state index contributed by atoms with van der Waals surface area (Å²) in [6.07, 6.45) is 1.08. The Hall–Kier alpha value is -1.95. The van der Waals surface area contributed by atoms with Crippen LogP contribution in [-0.2, 0) is 11.2 Å². The molecule has 122 valence electrons. The van der Waals surface area contributed by atoms with Gasteiger partial charge in [-0.05, 0) is 24.1 Å². The summed E-state index contributed by atoms with van der Waals surface area (Å²) in [4.78, 5) is 12.0. The molecule has 2 aromatic carbocycles. The molecule has 24 heavy (non-hydrogen) atoms. The van der Waals surface area contributed by atoms with Crippen molar-refractivity contribution < 1.29 is 4.79 Å². The summed E-state index contributed by atoms with van der Waals surface area (Å²) in [5.74, 6) is -0.0873. The molecule has 0 fully saturated rings. The summed E-state index contributed by atoms with van der Waals surface area (Å²) >= 11 is 13.2. The van der Waals surface area contributed by atoms with E-state index in [0.717, 1.165) is 11.1 Å². The van der Waals surface area contributed by atoms with Crippen molar-refractivity contribution in [2.24, 2.45) is 0 Å². The van der Waals surface area contributed by atoms with E-state index in [-0.39, 0.29) is 5.91 Å². The van der Waals surface area contributed by atoms with E-state index >= 15 is 0 Å². The van der Waals surface area contributed by atoms with Crippen LogP contribution in [-0.4, -0.2) is 16.1 Å². The van der Waals surface area contributed by atoms with E-state index in [1.165, 1.54) is 11.3 Å². The molecule has 1 aromatic heterocycles. The van der Waals surface area contributed by atoms with Gasteiger partial charge in [0.1, 0.15) is 5.01 Å². The van der Waals surface area contributed by atoms with Crippen molar-refractivity contribution in [2.45, 2.75) is 12.8 Å². The van der Waals surface area contributed by atoms with Gasteiger partial charge < -0.3 is 5.32 Å². The lowest BCUT2D eigenvalue weighted by Crippen LogP contribution is -2.12. The van der Waals surface area contributed by atoms with Gasteiger partial charge in [0.2, 0.25) is 11.0 Å². The number of hydrogen-bond acceptors (Lipinski definition) is 4. The Labute approximate surface area is 153 Å². The van der Waals surface area contributed by atoms with Crippen molar-refractivity contribution in [1.29, 1.82) is 0 Å². The SMILES string of the molecule is O=C(CCc1ccccc1)Nc1nnc(-c2ccc(Cl)c(Cl)c2)s1. The Morgan fingerprint density at radius 2 is 1.83 bits per heavy atom. The first-order valence-electron chi connectivity index (χ1n) is 7.24. The van der Waals surface area contributed by atoms with Crippen LogP contribution in [0.1, 0.15) is 12.0 Å². The van der Waals surface area contributed by atoms with Crippen LogP contribution in [0.3, 0.4) is 0 Å². The smallest absolute Gasteiger partial charge is 0.226 e. The van der Waals surface area contributed by atoms with Gasteiger partial charge in [-0.1, -0.05) is 70.9 Å². The van der Waals surface area contributed by atoms with Gasteiger partial charge in [0, 0.05) is 12.0 Å². The Morgan fingerprint density at radius 1 is 1.04 bits per heavy atom. The second kappa shape index (κ2) is 7.75. The second-order valence-corrected chi connectivity index (χ2v) is 6.87. The maximum atomic E-state index is 12.0. The Balaban J connectivity index is 1.61. The van der Waals surface area contributed by atoms with Gasteiger partial charge in [0.25, 0.3) is 0 Å². The Morgan fingerprint density at radius 3 is 2.58 bits per heavy atom. The summed E-state index contributed by atoms with van der Waals surface area (Å²) < 4.78 is 0. The summed E-state index contributed by atoms with van der Waals surface area (Å²) in [7, 11) is 0. The topological polar surface area (TPSA) is 54.9 Å². The van der Waals surface area contributed by atoms with Crippen molar-refractivity contribution in [1.82, 2.24) is 10.2 Å². The molecular weight excluding hydrogens is 365 g/mol. The molecule has 1 N–H and O–H groups in total. The molecular formula is C17H13Cl2N3OS. The average molecular weight is 378 g/mol. The number of rotatable bonds is 5. The number of benzene rings is 2. The molecule has 4 nitrogen and oxygen atoms in total. The number of carbonyl (C=O) groups excluding carboxylic acids is 1. The van der Waals surface area contributed by atoms with Gasteiger partial charge in [0.15, 0.2) is 0 Å². The predicted molar refractivity (Wildman–Crippen MR) is 98.8 cm³/mol. The second-order valence-electron chi connectivity index (χ2n) is 5.08. The largest absolute Gasteiger partial charge is 0.301 e. The first-order chi connectivity index (χ1) is 11.6. The lowest BCUT2D eigenvalue weighted by Gasteiger charge is -2.01. The highest BCUT2D eigenvalue weighted by molar-refractivity contribution is 7.18. The van der Waals surface area contributed by atoms with Crippen LogP contribution in [0.2, 0.25) is 10.0 Å². The molecule has 0 atom stereocenters. The number of nitrogens with zero attached hydrogens (tertiary/aromatic N) is 2. The van der Waals surface area contributed by atoms with Gasteiger partial charge >= 0.3 is 0 Å². The maximum absolute atomic E-state index is 12.0. The van der Waals surface area contributed by atoms with Gasteiger partial charge in [-0.15, -0.1) is 10.2 Å². The van der Waals surface area contributed by atoms with Crippen LogP contribution in [0.15, 0.2) is 48.5 Å². The average Bonchev–Trinajstić information content (AvgIpc) is 3.05. The first kappa shape index (κ1) is 16.9. The molecule has 0 aliphatic carbocycles. The quantitative estimate of drug-likeness (QED) is 0.673. The Bertz CT molecular complexity index is 852. The monoisotopic (exact) mass is 377 g/mol. The zero-order valence-electron chi connectivity index (χ0n) is 12.5. The van der Waals surface area contributed by atoms with Gasteiger partial charge in [-0.2, -0.15) is 0 Å². The van der Waals surface area contributed by atoms with E-state index in [2.05, 4.69) is 15.5 Å². The minimum atomic E-state index is -0.0873. The fraction of sp³-hybridized carbons (Fsp3) is 0.118. The number of aryl methyl sites for hydroxylation is 1. The predicted octanol–water partition coefficient (Wildman–Crippen LogP) is 5.08. The van der Waals surface area contributed by atoms with E-state index < -0.39 is 0 Å². The molecule has 0 spiro atoms. The van der Waals surface area contributed by atoms with E-state index in [1.54, 1.807) is 12.1 Å². The molecule has 3 aromatic rings. The fourth-order valence-corrected chi connectivity index (χ4v) is 3.16. The van der Waals surface area contributed by atoms with Crippen LogP contribution < -0.4 is 5.32 Å². The number of hydrogen-bond donors (Lipinski definition) is 1. The van der Waals surface area contributed by atoms with E-state index in [9.17, 15) is 4.79 Å². The molecule has 0 saturated carbocycles. The molecule has 1 amide bonds. The van der Waals surface area contributed by atoms with E-state index in [4.69, 9.17) is 23.2 Å². The molecule has 1 heterocycles. The molecule has 0 unspecified atom stereocenters. The van der Waals surface area contributed by atoms with Crippen LogP contribution >= 0.6 is 34.5 Å². The first-order valence-corrected chi connectivity index (χ1v) is 8.82. The summed E-state index contributed by atoms with van der Waals surface area (Å²) in [5.41, 5.74) is 1.94. The van der Waals surface area contributed by atoms with Crippen LogP contribution in [0.25, 0.3) is 10.6 Å². The lowest BCUT2D eigenvalue weighted by molar-refractivity contribution is -0.116. The number of aromatic nitrogens is 2. The van der Waals surface area contributed by atoms with Gasteiger partial charge in [-0.25, -0.2) is 0 Å². The number of carbonyl (C=O) groups is 1. The summed E-state index contributed by atoms with van der Waals surface area (Å²) in [6, 6.07) is 15.1. The van der Waals surface area contributed by atoms with Crippen LogP contribution in [0.4, 0.5) is 5.13 Å². The van der Waals surface area contributed by atoms with Crippen molar-refractivity contribution in [3.8, 4) is 10.6 Å². The minimum absolute atomic E-state index is 0.0873. The standard InChI is InChI=1S/C17H13Cl2N3OS/c18-13-8-7-12(10-14(13)19)16-21-22-17(24-16)20-15(23)9-6-11-4-2-1-3-5-11/h1-5,7-8,10H,6,9H2,(H,20,22,23). The third kappa shape index (κ3) is 4.32. The zero-order chi connectivity index (χ0) is 16.9. The molecule has 0 saturated heterocycles. The molecule has 3 rings (SSSR count).